The highest BCUT2D eigenvalue weighted by Gasteiger charge is 2.34. The lowest BCUT2D eigenvalue weighted by Gasteiger charge is -2.28. The number of benzene rings is 1. The SMILES string of the molecule is CCN(C(=O)OCc1ccccc1)C(C(=O)O)c1cncn1C(C)C. The topological polar surface area (TPSA) is 84.7 Å². The average Bonchev–Trinajstić information content (AvgIpc) is 3.07. The van der Waals surface area contributed by atoms with Gasteiger partial charge < -0.3 is 14.4 Å². The van der Waals surface area contributed by atoms with Crippen molar-refractivity contribution < 1.29 is 19.4 Å². The molecule has 0 aliphatic carbocycles. The Morgan fingerprint density at radius 2 is 1.96 bits per heavy atom. The minimum atomic E-state index is -1.15. The van der Waals surface area contributed by atoms with Gasteiger partial charge in [-0.05, 0) is 26.3 Å². The molecule has 0 aliphatic rings. The lowest BCUT2D eigenvalue weighted by atomic mass is 10.1. The summed E-state index contributed by atoms with van der Waals surface area (Å²) in [5, 5.41) is 9.70. The molecule has 0 aliphatic heterocycles. The molecular formula is C18H23N3O4. The molecule has 0 saturated heterocycles. The van der Waals surface area contributed by atoms with Crippen LogP contribution in [0.3, 0.4) is 0 Å². The predicted molar refractivity (Wildman–Crippen MR) is 92.0 cm³/mol. The van der Waals surface area contributed by atoms with E-state index in [1.807, 2.05) is 44.2 Å². The zero-order chi connectivity index (χ0) is 18.4. The van der Waals surface area contributed by atoms with E-state index in [9.17, 15) is 14.7 Å². The first kappa shape index (κ1) is 18.5. The van der Waals surface area contributed by atoms with Crippen molar-refractivity contribution in [3.63, 3.8) is 0 Å². The number of aromatic nitrogens is 2. The number of nitrogens with zero attached hydrogens (tertiary/aromatic N) is 3. The molecule has 0 radical (unpaired) electrons. The number of aliphatic carboxylic acids is 1. The second kappa shape index (κ2) is 8.32. The number of hydrogen-bond donors (Lipinski definition) is 1. The number of carbonyl (C=O) groups is 2. The van der Waals surface area contributed by atoms with Gasteiger partial charge in [0.2, 0.25) is 0 Å². The summed E-state index contributed by atoms with van der Waals surface area (Å²) in [7, 11) is 0. The number of ether oxygens (including phenoxy) is 1. The molecule has 7 nitrogen and oxygen atoms in total. The molecule has 7 heteroatoms. The Labute approximate surface area is 146 Å². The maximum absolute atomic E-state index is 12.5. The van der Waals surface area contributed by atoms with Gasteiger partial charge >= 0.3 is 12.1 Å². The summed E-state index contributed by atoms with van der Waals surface area (Å²) >= 11 is 0. The summed E-state index contributed by atoms with van der Waals surface area (Å²) in [5.41, 5.74) is 1.28. The molecule has 1 aromatic carbocycles. The Bertz CT molecular complexity index is 712. The number of carbonyl (C=O) groups excluding carboxylic acids is 1. The molecule has 2 rings (SSSR count). The van der Waals surface area contributed by atoms with Crippen molar-refractivity contribution in [3.05, 3.63) is 54.1 Å². The summed E-state index contributed by atoms with van der Waals surface area (Å²) in [4.78, 5) is 29.6. The number of likely N-dealkylation sites (N-methyl/N-ethyl adjacent to an activating group) is 1. The molecule has 1 aromatic heterocycles. The standard InChI is InChI=1S/C18H23N3O4/c1-4-20(18(24)25-11-14-8-6-5-7-9-14)16(17(22)23)15-10-19-12-21(15)13(2)3/h5-10,12-13,16H,4,11H2,1-3H3,(H,22,23). The van der Waals surface area contributed by atoms with Gasteiger partial charge in [0.15, 0.2) is 6.04 Å². The molecule has 1 heterocycles. The minimum Gasteiger partial charge on any atom is -0.479 e. The summed E-state index contributed by atoms with van der Waals surface area (Å²) < 4.78 is 7.05. The Kier molecular flexibility index (Phi) is 6.16. The number of rotatable bonds is 7. The van der Waals surface area contributed by atoms with Gasteiger partial charge in [0.25, 0.3) is 0 Å². The molecule has 0 bridgehead atoms. The van der Waals surface area contributed by atoms with Crippen LogP contribution in [0, 0.1) is 0 Å². The van der Waals surface area contributed by atoms with Crippen molar-refractivity contribution in [2.24, 2.45) is 0 Å². The van der Waals surface area contributed by atoms with Crippen molar-refractivity contribution in [2.45, 2.75) is 39.5 Å². The van der Waals surface area contributed by atoms with E-state index < -0.39 is 18.1 Å². The van der Waals surface area contributed by atoms with Crippen molar-refractivity contribution >= 4 is 12.1 Å². The number of imidazole rings is 1. The normalized spacial score (nSPS) is 12.0. The molecule has 1 atom stereocenters. The maximum atomic E-state index is 12.5. The summed E-state index contributed by atoms with van der Waals surface area (Å²) in [5.74, 6) is -1.12. The zero-order valence-corrected chi connectivity index (χ0v) is 14.6. The van der Waals surface area contributed by atoms with Crippen LogP contribution >= 0.6 is 0 Å². The van der Waals surface area contributed by atoms with Gasteiger partial charge in [0.1, 0.15) is 6.61 Å². The Morgan fingerprint density at radius 3 is 2.52 bits per heavy atom. The van der Waals surface area contributed by atoms with E-state index >= 15 is 0 Å². The second-order valence-corrected chi connectivity index (χ2v) is 5.89. The van der Waals surface area contributed by atoms with Gasteiger partial charge in [-0.15, -0.1) is 0 Å². The first-order chi connectivity index (χ1) is 12.0. The molecule has 1 unspecified atom stereocenters. The molecule has 25 heavy (non-hydrogen) atoms. The first-order valence-electron chi connectivity index (χ1n) is 8.17. The fourth-order valence-corrected chi connectivity index (χ4v) is 2.60. The molecular weight excluding hydrogens is 322 g/mol. The maximum Gasteiger partial charge on any atom is 0.411 e. The van der Waals surface area contributed by atoms with Gasteiger partial charge in [-0.3, -0.25) is 4.90 Å². The highest BCUT2D eigenvalue weighted by molar-refractivity contribution is 5.81. The fraction of sp³-hybridized carbons (Fsp3) is 0.389. The zero-order valence-electron chi connectivity index (χ0n) is 14.6. The van der Waals surface area contributed by atoms with Crippen LogP contribution in [0.25, 0.3) is 0 Å². The molecule has 0 saturated carbocycles. The quantitative estimate of drug-likeness (QED) is 0.832. The van der Waals surface area contributed by atoms with Gasteiger partial charge in [0.05, 0.1) is 18.2 Å². The third-order valence-electron chi connectivity index (χ3n) is 3.86. The van der Waals surface area contributed by atoms with Crippen molar-refractivity contribution in [3.8, 4) is 0 Å². The van der Waals surface area contributed by atoms with Crippen LogP contribution in [0.15, 0.2) is 42.9 Å². The molecule has 2 aromatic rings. The molecule has 134 valence electrons. The van der Waals surface area contributed by atoms with E-state index in [1.165, 1.54) is 11.1 Å². The molecule has 1 amide bonds. The molecule has 0 fully saturated rings. The highest BCUT2D eigenvalue weighted by Crippen LogP contribution is 2.24. The molecule has 1 N–H and O–H groups in total. The first-order valence-corrected chi connectivity index (χ1v) is 8.17. The minimum absolute atomic E-state index is 0.0263. The summed E-state index contributed by atoms with van der Waals surface area (Å²) in [6.45, 7) is 5.86. The highest BCUT2D eigenvalue weighted by atomic mass is 16.6. The van der Waals surface area contributed by atoms with Gasteiger partial charge in [0, 0.05) is 12.6 Å². The van der Waals surface area contributed by atoms with Crippen LogP contribution in [0.1, 0.15) is 44.1 Å². The van der Waals surface area contributed by atoms with Crippen molar-refractivity contribution in [1.29, 1.82) is 0 Å². The number of carboxylic acid groups (broad SMARTS) is 1. The number of hydrogen-bond acceptors (Lipinski definition) is 4. The monoisotopic (exact) mass is 345 g/mol. The van der Waals surface area contributed by atoms with Gasteiger partial charge in [-0.1, -0.05) is 30.3 Å². The lowest BCUT2D eigenvalue weighted by molar-refractivity contribution is -0.143. The van der Waals surface area contributed by atoms with Crippen molar-refractivity contribution in [1.82, 2.24) is 14.5 Å². The van der Waals surface area contributed by atoms with E-state index in [0.717, 1.165) is 5.56 Å². The number of amides is 1. The lowest BCUT2D eigenvalue weighted by Crippen LogP contribution is -2.40. The largest absolute Gasteiger partial charge is 0.479 e. The Hall–Kier alpha value is -2.83. The summed E-state index contributed by atoms with van der Waals surface area (Å²) in [6.07, 6.45) is 2.38. The second-order valence-electron chi connectivity index (χ2n) is 5.89. The third kappa shape index (κ3) is 4.37. The van der Waals surface area contributed by atoms with Crippen LogP contribution in [0.2, 0.25) is 0 Å². The van der Waals surface area contributed by atoms with Crippen LogP contribution in [0.5, 0.6) is 0 Å². The van der Waals surface area contributed by atoms with Crippen LogP contribution in [-0.2, 0) is 16.1 Å². The predicted octanol–water partition coefficient (Wildman–Crippen LogP) is 3.25. The van der Waals surface area contributed by atoms with E-state index in [2.05, 4.69) is 4.98 Å². The van der Waals surface area contributed by atoms with E-state index in [0.29, 0.717) is 5.69 Å². The van der Waals surface area contributed by atoms with Crippen LogP contribution < -0.4 is 0 Å². The van der Waals surface area contributed by atoms with E-state index in [4.69, 9.17) is 4.74 Å². The molecule has 0 spiro atoms. The van der Waals surface area contributed by atoms with E-state index in [1.54, 1.807) is 17.8 Å². The fourth-order valence-electron chi connectivity index (χ4n) is 2.60. The third-order valence-corrected chi connectivity index (χ3v) is 3.86. The Balaban J connectivity index is 2.20. The van der Waals surface area contributed by atoms with Crippen LogP contribution in [-0.4, -0.2) is 38.2 Å². The Morgan fingerprint density at radius 1 is 1.28 bits per heavy atom. The number of carboxylic acids is 1. The summed E-state index contributed by atoms with van der Waals surface area (Å²) in [6, 6.07) is 8.12. The van der Waals surface area contributed by atoms with Crippen molar-refractivity contribution in [2.75, 3.05) is 6.54 Å². The smallest absolute Gasteiger partial charge is 0.411 e. The van der Waals surface area contributed by atoms with E-state index in [-0.39, 0.29) is 19.2 Å². The van der Waals surface area contributed by atoms with Gasteiger partial charge in [-0.2, -0.15) is 0 Å². The van der Waals surface area contributed by atoms with Crippen LogP contribution in [0.4, 0.5) is 4.79 Å². The van der Waals surface area contributed by atoms with Gasteiger partial charge in [-0.25, -0.2) is 14.6 Å². The average molecular weight is 345 g/mol.